The van der Waals surface area contributed by atoms with E-state index in [2.05, 4.69) is 18.0 Å². The molecule has 0 aromatic heterocycles. The third-order valence-electron chi connectivity index (χ3n) is 5.43. The Kier molecular flexibility index (Phi) is 21.5. The number of rotatable bonds is 24. The van der Waals surface area contributed by atoms with E-state index in [1.807, 2.05) is 6.08 Å². The van der Waals surface area contributed by atoms with E-state index >= 15 is 0 Å². The maximum atomic E-state index is 12.1. The van der Waals surface area contributed by atoms with Crippen LogP contribution in [0, 0.1) is 0 Å². The first-order valence-electron chi connectivity index (χ1n) is 12.9. The molecule has 0 spiro atoms. The van der Waals surface area contributed by atoms with Gasteiger partial charge >= 0.3 is 19.8 Å². The van der Waals surface area contributed by atoms with Crippen molar-refractivity contribution in [3.63, 3.8) is 0 Å². The Labute approximate surface area is 206 Å². The summed E-state index contributed by atoms with van der Waals surface area (Å²) >= 11 is 0. The first kappa shape index (κ1) is 32.8. The van der Waals surface area contributed by atoms with Crippen LogP contribution in [0.25, 0.3) is 0 Å². The van der Waals surface area contributed by atoms with Crippen LogP contribution in [0.2, 0.25) is 0 Å². The van der Waals surface area contributed by atoms with Crippen molar-refractivity contribution in [1.82, 2.24) is 0 Å². The van der Waals surface area contributed by atoms with Crippen LogP contribution in [-0.2, 0) is 28.2 Å². The predicted octanol–water partition coefficient (Wildman–Crippen LogP) is 6.39. The Morgan fingerprint density at radius 3 is 1.82 bits per heavy atom. The van der Waals surface area contributed by atoms with E-state index in [9.17, 15) is 14.2 Å². The molecular formula is C25H47O8P. The van der Waals surface area contributed by atoms with Gasteiger partial charge in [0.15, 0.2) is 6.10 Å². The summed E-state index contributed by atoms with van der Waals surface area (Å²) in [7, 11) is -4.73. The van der Waals surface area contributed by atoms with Crippen molar-refractivity contribution in [1.29, 1.82) is 0 Å². The number of unbranched alkanes of at least 4 members (excludes halogenated alkanes) is 13. The molecule has 1 atom stereocenters. The van der Waals surface area contributed by atoms with Gasteiger partial charge < -0.3 is 19.3 Å². The maximum absolute atomic E-state index is 12.1. The second kappa shape index (κ2) is 22.3. The number of hydrogen-bond donors (Lipinski definition) is 2. The third kappa shape index (κ3) is 23.9. The molecule has 0 aromatic rings. The molecule has 8 nitrogen and oxygen atoms in total. The Bertz CT molecular complexity index is 575. The minimum Gasteiger partial charge on any atom is -0.462 e. The summed E-state index contributed by atoms with van der Waals surface area (Å²) in [4.78, 5) is 41.9. The highest BCUT2D eigenvalue weighted by Crippen LogP contribution is 2.35. The number of allylic oxidation sites excluding steroid dienone is 1. The minimum absolute atomic E-state index is 0.203. The molecule has 0 bridgehead atoms. The molecule has 0 saturated carbocycles. The molecule has 0 radical (unpaired) electrons. The zero-order valence-electron chi connectivity index (χ0n) is 21.1. The van der Waals surface area contributed by atoms with E-state index in [0.29, 0.717) is 6.42 Å². The molecule has 0 heterocycles. The summed E-state index contributed by atoms with van der Waals surface area (Å²) in [5.74, 6) is -0.910. The lowest BCUT2D eigenvalue weighted by atomic mass is 10.1. The van der Waals surface area contributed by atoms with Crippen molar-refractivity contribution in [3.8, 4) is 0 Å². The van der Waals surface area contributed by atoms with Crippen LogP contribution in [0.4, 0.5) is 0 Å². The van der Waals surface area contributed by atoms with Crippen LogP contribution in [-0.4, -0.2) is 41.0 Å². The van der Waals surface area contributed by atoms with Gasteiger partial charge in [-0.2, -0.15) is 0 Å². The standard InChI is InChI=1S/C25H47O8P/c1-3-5-7-9-11-12-14-16-18-20-25(27)33-23(22-32-34(28,29)30)21-31-24(26)19-17-15-13-10-8-6-4-2/h3,23H,1,4-22H2,2H3,(H2,28,29,30)/t23-/m1/s1. The van der Waals surface area contributed by atoms with Crippen molar-refractivity contribution < 1.29 is 37.9 Å². The predicted molar refractivity (Wildman–Crippen MR) is 133 cm³/mol. The van der Waals surface area contributed by atoms with E-state index in [1.54, 1.807) is 0 Å². The number of phosphoric acid groups is 1. The number of phosphoric ester groups is 1. The number of carbonyl (C=O) groups is 2. The molecule has 0 aliphatic heterocycles. The topological polar surface area (TPSA) is 119 Å². The molecule has 0 rings (SSSR count). The quantitative estimate of drug-likeness (QED) is 0.0669. The van der Waals surface area contributed by atoms with Crippen LogP contribution in [0.5, 0.6) is 0 Å². The first-order chi connectivity index (χ1) is 16.3. The van der Waals surface area contributed by atoms with Crippen LogP contribution in [0.15, 0.2) is 12.7 Å². The van der Waals surface area contributed by atoms with Crippen molar-refractivity contribution in [2.24, 2.45) is 0 Å². The molecule has 0 aliphatic rings. The monoisotopic (exact) mass is 506 g/mol. The highest BCUT2D eigenvalue weighted by atomic mass is 31.2. The molecule has 0 amide bonds. The molecule has 0 saturated heterocycles. The van der Waals surface area contributed by atoms with E-state index in [-0.39, 0.29) is 19.4 Å². The molecule has 9 heteroatoms. The Morgan fingerprint density at radius 1 is 0.794 bits per heavy atom. The highest BCUT2D eigenvalue weighted by molar-refractivity contribution is 7.46. The fourth-order valence-electron chi connectivity index (χ4n) is 3.47. The zero-order valence-corrected chi connectivity index (χ0v) is 22.0. The van der Waals surface area contributed by atoms with Gasteiger partial charge in [-0.25, -0.2) is 4.57 Å². The SMILES string of the molecule is C=CCCCCCCCCCC(=O)O[C@H](COC(=O)CCCCCCCCC)COP(=O)(O)O. The summed E-state index contributed by atoms with van der Waals surface area (Å²) in [6.07, 6.45) is 17.2. The summed E-state index contributed by atoms with van der Waals surface area (Å²) in [6, 6.07) is 0. The van der Waals surface area contributed by atoms with Gasteiger partial charge in [-0.1, -0.05) is 83.6 Å². The Morgan fingerprint density at radius 2 is 1.29 bits per heavy atom. The lowest BCUT2D eigenvalue weighted by Crippen LogP contribution is -2.29. The Balaban J connectivity index is 4.13. The van der Waals surface area contributed by atoms with Gasteiger partial charge in [0.05, 0.1) is 6.61 Å². The molecule has 0 aromatic carbocycles. The third-order valence-corrected chi connectivity index (χ3v) is 5.92. The number of hydrogen-bond acceptors (Lipinski definition) is 6. The summed E-state index contributed by atoms with van der Waals surface area (Å²) in [5.41, 5.74) is 0. The lowest BCUT2D eigenvalue weighted by molar-refractivity contribution is -0.161. The molecule has 0 aliphatic carbocycles. The van der Waals surface area contributed by atoms with Crippen LogP contribution in [0.3, 0.4) is 0 Å². The van der Waals surface area contributed by atoms with Crippen molar-refractivity contribution in [2.45, 2.75) is 122 Å². The first-order valence-corrected chi connectivity index (χ1v) is 14.5. The van der Waals surface area contributed by atoms with Crippen LogP contribution in [0.1, 0.15) is 116 Å². The number of ether oxygens (including phenoxy) is 2. The molecule has 0 unspecified atom stereocenters. The molecule has 0 fully saturated rings. The normalized spacial score (nSPS) is 12.3. The van der Waals surface area contributed by atoms with Gasteiger partial charge in [0, 0.05) is 12.8 Å². The average molecular weight is 507 g/mol. The van der Waals surface area contributed by atoms with E-state index in [1.165, 1.54) is 32.1 Å². The van der Waals surface area contributed by atoms with Gasteiger partial charge in [-0.3, -0.25) is 14.1 Å². The minimum atomic E-state index is -4.73. The fourth-order valence-corrected chi connectivity index (χ4v) is 3.83. The summed E-state index contributed by atoms with van der Waals surface area (Å²) in [5, 5.41) is 0. The van der Waals surface area contributed by atoms with Crippen molar-refractivity contribution in [2.75, 3.05) is 13.2 Å². The van der Waals surface area contributed by atoms with Gasteiger partial charge in [0.25, 0.3) is 0 Å². The largest absolute Gasteiger partial charge is 0.469 e. The van der Waals surface area contributed by atoms with Crippen LogP contribution >= 0.6 is 7.82 Å². The van der Waals surface area contributed by atoms with Gasteiger partial charge in [0.2, 0.25) is 0 Å². The van der Waals surface area contributed by atoms with Crippen molar-refractivity contribution in [3.05, 3.63) is 12.7 Å². The number of esters is 2. The second-order valence-corrected chi connectivity index (χ2v) is 9.99. The van der Waals surface area contributed by atoms with E-state index in [4.69, 9.17) is 19.3 Å². The lowest BCUT2D eigenvalue weighted by Gasteiger charge is -2.18. The summed E-state index contributed by atoms with van der Waals surface area (Å²) < 4.78 is 25.9. The van der Waals surface area contributed by atoms with Gasteiger partial charge in [-0.15, -0.1) is 6.58 Å². The zero-order chi connectivity index (χ0) is 25.5. The van der Waals surface area contributed by atoms with Gasteiger partial charge in [0.1, 0.15) is 6.61 Å². The molecule has 2 N–H and O–H groups in total. The van der Waals surface area contributed by atoms with Crippen LogP contribution < -0.4 is 0 Å². The molecule has 34 heavy (non-hydrogen) atoms. The van der Waals surface area contributed by atoms with E-state index < -0.39 is 32.5 Å². The Hall–Kier alpha value is -1.21. The number of carbonyl (C=O) groups excluding carboxylic acids is 2. The smallest absolute Gasteiger partial charge is 0.462 e. The second-order valence-electron chi connectivity index (χ2n) is 8.75. The molecule has 200 valence electrons. The summed E-state index contributed by atoms with van der Waals surface area (Å²) in [6.45, 7) is 5.05. The van der Waals surface area contributed by atoms with E-state index in [0.717, 1.165) is 57.8 Å². The fraction of sp³-hybridized carbons (Fsp3) is 0.840. The maximum Gasteiger partial charge on any atom is 0.469 e. The van der Waals surface area contributed by atoms with Gasteiger partial charge in [-0.05, 0) is 25.7 Å². The highest BCUT2D eigenvalue weighted by Gasteiger charge is 2.22. The van der Waals surface area contributed by atoms with Crippen molar-refractivity contribution >= 4 is 19.8 Å². The molecular weight excluding hydrogens is 459 g/mol. The average Bonchev–Trinajstić information content (AvgIpc) is 2.78.